The van der Waals surface area contributed by atoms with Gasteiger partial charge in [0, 0.05) is 12.1 Å². The highest BCUT2D eigenvalue weighted by Crippen LogP contribution is 2.20. The van der Waals surface area contributed by atoms with Crippen LogP contribution in [0.1, 0.15) is 90.9 Å². The van der Waals surface area contributed by atoms with Gasteiger partial charge in [0.1, 0.15) is 4.91 Å². The molecule has 6 heteroatoms. The molecule has 0 radical (unpaired) electrons. The van der Waals surface area contributed by atoms with Gasteiger partial charge in [-0.05, 0) is 12.8 Å². The third-order valence-electron chi connectivity index (χ3n) is 5.27. The minimum absolute atomic E-state index is 0.262. The van der Waals surface area contributed by atoms with E-state index in [-0.39, 0.29) is 4.91 Å². The fraction of sp³-hybridized carbons (Fsp3) is 0.720. The Morgan fingerprint density at radius 2 is 1.16 bits per heavy atom. The van der Waals surface area contributed by atoms with Crippen LogP contribution in [0.5, 0.6) is 0 Å². The highest BCUT2D eigenvalue weighted by Gasteiger charge is 2.28. The summed E-state index contributed by atoms with van der Waals surface area (Å²) in [6, 6.07) is 5.59. The summed E-state index contributed by atoms with van der Waals surface area (Å²) in [7, 11) is 0. The molecule has 2 atom stereocenters. The van der Waals surface area contributed by atoms with E-state index in [4.69, 9.17) is 9.47 Å². The molecule has 0 amide bonds. The maximum absolute atomic E-state index is 10.7. The third kappa shape index (κ3) is 12.6. The Bertz CT molecular complexity index is 582. The summed E-state index contributed by atoms with van der Waals surface area (Å²) in [5.74, 6) is 0. The predicted molar refractivity (Wildman–Crippen MR) is 130 cm³/mol. The van der Waals surface area contributed by atoms with Crippen molar-refractivity contribution in [2.75, 3.05) is 13.2 Å². The molecular weight excluding hydrogens is 410 g/mol. The van der Waals surface area contributed by atoms with E-state index in [2.05, 4.69) is 26.5 Å². The van der Waals surface area contributed by atoms with Gasteiger partial charge >= 0.3 is 0 Å². The molecule has 0 spiro atoms. The fourth-order valence-corrected chi connectivity index (χ4v) is 3.69. The number of thiol groups is 1. The Labute approximate surface area is 194 Å². The topological polar surface area (TPSA) is 62.8 Å². The second-order valence-electron chi connectivity index (χ2n) is 8.04. The number of nitrogens with zero attached hydrogens (tertiary/aromatic N) is 1. The summed E-state index contributed by atoms with van der Waals surface area (Å²) in [6.45, 7) is 5.32. The summed E-state index contributed by atoms with van der Waals surface area (Å²) in [5.41, 5.74) is 0.380. The van der Waals surface area contributed by atoms with Crippen molar-refractivity contribution in [3.63, 3.8) is 0 Å². The zero-order valence-electron chi connectivity index (χ0n) is 19.5. The highest BCUT2D eigenvalue weighted by atomic mass is 32.1. The van der Waals surface area contributed by atoms with Crippen molar-refractivity contribution in [1.82, 2.24) is 0 Å². The second kappa shape index (κ2) is 18.6. The molecule has 2 N–H and O–H groups in total. The van der Waals surface area contributed by atoms with Crippen molar-refractivity contribution >= 4 is 18.3 Å². The predicted octanol–water partition coefficient (Wildman–Crippen LogP) is 5.46. The normalized spacial score (nSPS) is 14.4. The number of hydrogen-bond acceptors (Lipinski definition) is 5. The van der Waals surface area contributed by atoms with Crippen LogP contribution >= 0.6 is 12.6 Å². The van der Waals surface area contributed by atoms with E-state index in [9.17, 15) is 10.2 Å². The van der Waals surface area contributed by atoms with Gasteiger partial charge < -0.3 is 19.7 Å². The van der Waals surface area contributed by atoms with Crippen LogP contribution < -0.4 is 4.57 Å². The van der Waals surface area contributed by atoms with E-state index in [0.29, 0.717) is 18.9 Å². The van der Waals surface area contributed by atoms with Crippen LogP contribution in [0.3, 0.4) is 0 Å². The molecule has 0 saturated heterocycles. The lowest BCUT2D eigenvalue weighted by molar-refractivity contribution is -0.592. The van der Waals surface area contributed by atoms with Gasteiger partial charge in [-0.1, -0.05) is 84.1 Å². The number of unbranched alkanes of at least 4 members (excludes halogenated alkanes) is 10. The zero-order chi connectivity index (χ0) is 22.7. The largest absolute Gasteiger partial charge is 0.364 e. The van der Waals surface area contributed by atoms with Crippen molar-refractivity contribution in [3.05, 3.63) is 35.5 Å². The van der Waals surface area contributed by atoms with Crippen LogP contribution in [0.15, 0.2) is 35.5 Å². The quantitative estimate of drug-likeness (QED) is 0.112. The lowest BCUT2D eigenvalue weighted by Crippen LogP contribution is -2.41. The van der Waals surface area contributed by atoms with E-state index in [1.807, 2.05) is 18.2 Å². The number of aliphatic hydroxyl groups excluding tert-OH is 2. The van der Waals surface area contributed by atoms with Crippen LogP contribution in [0.2, 0.25) is 0 Å². The Kier molecular flexibility index (Phi) is 16.9. The molecule has 31 heavy (non-hydrogen) atoms. The first-order chi connectivity index (χ1) is 15.1. The lowest BCUT2D eigenvalue weighted by Gasteiger charge is -2.17. The van der Waals surface area contributed by atoms with Gasteiger partial charge in [-0.25, -0.2) is 0 Å². The first-order valence-electron chi connectivity index (χ1n) is 12.1. The summed E-state index contributed by atoms with van der Waals surface area (Å²) >= 11 is 4.49. The maximum atomic E-state index is 10.7. The van der Waals surface area contributed by atoms with Crippen LogP contribution in [-0.2, 0) is 9.47 Å². The molecule has 0 aliphatic rings. The molecule has 0 bridgehead atoms. The number of rotatable bonds is 19. The lowest BCUT2D eigenvalue weighted by atomic mass is 10.1. The molecular formula is C25H44NO4S+. The average molecular weight is 455 g/mol. The van der Waals surface area contributed by atoms with Gasteiger partial charge in [0.25, 0.3) is 5.70 Å². The zero-order valence-corrected chi connectivity index (χ0v) is 20.4. The van der Waals surface area contributed by atoms with Crippen LogP contribution in [0.25, 0.3) is 5.70 Å². The van der Waals surface area contributed by atoms with Gasteiger partial charge in [-0.3, -0.25) is 0 Å². The Morgan fingerprint density at radius 3 is 1.68 bits per heavy atom. The molecule has 1 aromatic heterocycles. The van der Waals surface area contributed by atoms with Crippen molar-refractivity contribution in [2.24, 2.45) is 0 Å². The van der Waals surface area contributed by atoms with Gasteiger partial charge in [-0.15, -0.1) is 12.6 Å². The molecule has 1 rings (SSSR count). The number of ether oxygens (including phenoxy) is 2. The van der Waals surface area contributed by atoms with Crippen molar-refractivity contribution in [1.29, 1.82) is 0 Å². The highest BCUT2D eigenvalue weighted by molar-refractivity contribution is 7.84. The van der Waals surface area contributed by atoms with Crippen molar-refractivity contribution in [2.45, 2.75) is 103 Å². The van der Waals surface area contributed by atoms with E-state index < -0.39 is 12.6 Å². The van der Waals surface area contributed by atoms with Gasteiger partial charge in [0.2, 0.25) is 6.29 Å². The average Bonchev–Trinajstić information content (AvgIpc) is 2.78. The molecule has 0 saturated carbocycles. The molecule has 0 fully saturated rings. The number of pyridine rings is 1. The van der Waals surface area contributed by atoms with E-state index in [0.717, 1.165) is 25.7 Å². The molecule has 1 aromatic rings. The monoisotopic (exact) mass is 454 g/mol. The molecule has 0 aliphatic carbocycles. The first kappa shape index (κ1) is 28.1. The van der Waals surface area contributed by atoms with Gasteiger partial charge in [0.05, 0.1) is 13.2 Å². The van der Waals surface area contributed by atoms with E-state index in [1.165, 1.54) is 51.4 Å². The number of hydrogen-bond donors (Lipinski definition) is 3. The summed E-state index contributed by atoms with van der Waals surface area (Å²) in [5, 5.41) is 21.2. The Balaban J connectivity index is 2.59. The van der Waals surface area contributed by atoms with Crippen molar-refractivity contribution < 1.29 is 24.3 Å². The number of aliphatic hydroxyl groups is 2. The first-order valence-corrected chi connectivity index (χ1v) is 12.6. The minimum Gasteiger partial charge on any atom is -0.364 e. The molecule has 178 valence electrons. The molecule has 1 heterocycles. The fourth-order valence-electron chi connectivity index (χ4n) is 3.38. The molecule has 2 unspecified atom stereocenters. The maximum Gasteiger partial charge on any atom is 0.257 e. The minimum atomic E-state index is -1.20. The van der Waals surface area contributed by atoms with Crippen LogP contribution in [0.4, 0.5) is 0 Å². The molecule has 0 aromatic carbocycles. The molecule has 0 aliphatic heterocycles. The summed E-state index contributed by atoms with van der Waals surface area (Å²) in [4.78, 5) is 0.262. The van der Waals surface area contributed by atoms with Gasteiger partial charge in [0.15, 0.2) is 18.7 Å². The Morgan fingerprint density at radius 1 is 0.710 bits per heavy atom. The van der Waals surface area contributed by atoms with E-state index >= 15 is 0 Å². The SMILES string of the molecule is CCCCCCCCOC(O)/C(S)=C(\C(O)OCCCCCCCC)[n+]1ccccc1. The summed E-state index contributed by atoms with van der Waals surface area (Å²) < 4.78 is 13.0. The van der Waals surface area contributed by atoms with Gasteiger partial charge in [-0.2, -0.15) is 4.57 Å². The van der Waals surface area contributed by atoms with Crippen molar-refractivity contribution in [3.8, 4) is 0 Å². The smallest absolute Gasteiger partial charge is 0.257 e. The van der Waals surface area contributed by atoms with E-state index in [1.54, 1.807) is 17.0 Å². The third-order valence-corrected chi connectivity index (χ3v) is 5.72. The molecule has 5 nitrogen and oxygen atoms in total. The standard InChI is InChI=1S/C25H43NO4S/c1-3-5-7-9-11-16-20-29-24(27)22(26-18-14-13-15-19-26)23(31)25(28)30-21-17-12-10-8-6-4-2/h13-15,18-19,24-25,27-28H,3-12,16-17,20-21H2,1-2H3/p+1/b23-22-. The summed E-state index contributed by atoms with van der Waals surface area (Å²) in [6.07, 6.45) is 15.0. The second-order valence-corrected chi connectivity index (χ2v) is 8.52. The van der Waals surface area contributed by atoms with Crippen LogP contribution in [0, 0.1) is 0 Å². The Hall–Kier alpha value is -0.920. The number of aromatic nitrogens is 1. The van der Waals surface area contributed by atoms with Crippen LogP contribution in [-0.4, -0.2) is 36.0 Å².